The van der Waals surface area contributed by atoms with Gasteiger partial charge in [-0.1, -0.05) is 42.5 Å². The summed E-state index contributed by atoms with van der Waals surface area (Å²) >= 11 is 0. The molecule has 4 aromatic rings. The molecule has 0 fully saturated rings. The third kappa shape index (κ3) is 2.50. The molecule has 0 atom stereocenters. The van der Waals surface area contributed by atoms with E-state index in [0.29, 0.717) is 16.9 Å². The van der Waals surface area contributed by atoms with E-state index in [-0.39, 0.29) is 5.56 Å². The monoisotopic (exact) mass is 326 g/mol. The average Bonchev–Trinajstić information content (AvgIpc) is 3.00. The van der Waals surface area contributed by atoms with Crippen LogP contribution in [0.5, 0.6) is 0 Å². The standard InChI is InChI=1S/C20H14N4O/c1-13-19(16-5-3-2-4-6-16)23-24-18(25)11-17(22-20(13)24)15-9-7-14(12-21)8-10-15/h2-11,23H,1H3. The lowest BCUT2D eigenvalue weighted by Crippen LogP contribution is -2.14. The third-order valence-electron chi connectivity index (χ3n) is 4.22. The maximum atomic E-state index is 12.5. The van der Waals surface area contributed by atoms with Gasteiger partial charge < -0.3 is 0 Å². The van der Waals surface area contributed by atoms with E-state index >= 15 is 0 Å². The molecule has 0 aliphatic heterocycles. The number of benzene rings is 2. The highest BCUT2D eigenvalue weighted by Gasteiger charge is 2.14. The molecule has 0 radical (unpaired) electrons. The molecule has 2 aromatic carbocycles. The van der Waals surface area contributed by atoms with Crippen molar-refractivity contribution in [3.63, 3.8) is 0 Å². The summed E-state index contributed by atoms with van der Waals surface area (Å²) in [7, 11) is 0. The summed E-state index contributed by atoms with van der Waals surface area (Å²) in [5.74, 6) is 0. The number of hydrogen-bond donors (Lipinski definition) is 1. The molecule has 120 valence electrons. The molecule has 2 heterocycles. The van der Waals surface area contributed by atoms with Crippen LogP contribution in [0.15, 0.2) is 65.5 Å². The summed E-state index contributed by atoms with van der Waals surface area (Å²) < 4.78 is 1.46. The first-order valence-electron chi connectivity index (χ1n) is 7.86. The second kappa shape index (κ2) is 5.77. The molecular formula is C20H14N4O. The number of aromatic amines is 1. The van der Waals surface area contributed by atoms with E-state index in [4.69, 9.17) is 5.26 Å². The molecule has 4 rings (SSSR count). The molecule has 5 nitrogen and oxygen atoms in total. The van der Waals surface area contributed by atoms with Gasteiger partial charge in [0.2, 0.25) is 0 Å². The van der Waals surface area contributed by atoms with Crippen LogP contribution in [-0.2, 0) is 0 Å². The Kier molecular flexibility index (Phi) is 3.44. The minimum absolute atomic E-state index is 0.172. The summed E-state index contributed by atoms with van der Waals surface area (Å²) in [6, 6.07) is 20.5. The van der Waals surface area contributed by atoms with Gasteiger partial charge in [-0.3, -0.25) is 9.89 Å². The summed E-state index contributed by atoms with van der Waals surface area (Å²) in [5.41, 5.74) is 5.20. The van der Waals surface area contributed by atoms with Crippen LogP contribution in [0.3, 0.4) is 0 Å². The van der Waals surface area contributed by atoms with Gasteiger partial charge in [0.15, 0.2) is 5.65 Å². The van der Waals surface area contributed by atoms with Crippen LogP contribution in [0.1, 0.15) is 11.1 Å². The Morgan fingerprint density at radius 3 is 2.44 bits per heavy atom. The number of nitrogens with zero attached hydrogens (tertiary/aromatic N) is 3. The molecule has 0 bridgehead atoms. The molecule has 0 spiro atoms. The predicted octanol–water partition coefficient (Wildman–Crippen LogP) is 3.54. The predicted molar refractivity (Wildman–Crippen MR) is 96.1 cm³/mol. The fraction of sp³-hybridized carbons (Fsp3) is 0.0500. The number of nitrogens with one attached hydrogen (secondary N) is 1. The van der Waals surface area contributed by atoms with E-state index in [9.17, 15) is 4.79 Å². The highest BCUT2D eigenvalue weighted by atomic mass is 16.1. The van der Waals surface area contributed by atoms with Gasteiger partial charge in [0.25, 0.3) is 5.56 Å². The minimum Gasteiger partial charge on any atom is -0.289 e. The van der Waals surface area contributed by atoms with Gasteiger partial charge in [-0.05, 0) is 24.6 Å². The van der Waals surface area contributed by atoms with Crippen molar-refractivity contribution >= 4 is 5.65 Å². The molecule has 1 N–H and O–H groups in total. The fourth-order valence-electron chi connectivity index (χ4n) is 2.90. The van der Waals surface area contributed by atoms with E-state index in [1.54, 1.807) is 24.3 Å². The first kappa shape index (κ1) is 14.9. The Hall–Kier alpha value is -3.65. The largest absolute Gasteiger partial charge is 0.289 e. The first-order chi connectivity index (χ1) is 12.2. The van der Waals surface area contributed by atoms with Crippen LogP contribution >= 0.6 is 0 Å². The topological polar surface area (TPSA) is 73.9 Å². The van der Waals surface area contributed by atoms with Gasteiger partial charge in [0.05, 0.1) is 23.0 Å². The zero-order valence-corrected chi connectivity index (χ0v) is 13.5. The lowest BCUT2D eigenvalue weighted by molar-refractivity contribution is 0.904. The number of fused-ring (bicyclic) bond motifs is 1. The Labute approximate surface area is 143 Å². The van der Waals surface area contributed by atoms with Gasteiger partial charge in [0, 0.05) is 17.2 Å². The molecule has 25 heavy (non-hydrogen) atoms. The van der Waals surface area contributed by atoms with Crippen LogP contribution in [0.2, 0.25) is 0 Å². The molecule has 0 unspecified atom stereocenters. The van der Waals surface area contributed by atoms with E-state index in [0.717, 1.165) is 22.4 Å². The zero-order chi connectivity index (χ0) is 17.4. The zero-order valence-electron chi connectivity index (χ0n) is 13.5. The van der Waals surface area contributed by atoms with Crippen molar-refractivity contribution in [3.05, 3.63) is 82.1 Å². The Morgan fingerprint density at radius 1 is 1.04 bits per heavy atom. The van der Waals surface area contributed by atoms with Crippen LogP contribution in [0.25, 0.3) is 28.2 Å². The van der Waals surface area contributed by atoms with Crippen LogP contribution in [0, 0.1) is 18.3 Å². The van der Waals surface area contributed by atoms with Gasteiger partial charge >= 0.3 is 0 Å². The lowest BCUT2D eigenvalue weighted by Gasteiger charge is -2.02. The first-order valence-corrected chi connectivity index (χ1v) is 7.86. The van der Waals surface area contributed by atoms with Crippen LogP contribution in [0.4, 0.5) is 0 Å². The molecule has 5 heteroatoms. The molecule has 0 aliphatic rings. The minimum atomic E-state index is -0.172. The Balaban J connectivity index is 1.91. The molecular weight excluding hydrogens is 312 g/mol. The third-order valence-corrected chi connectivity index (χ3v) is 4.22. The van der Waals surface area contributed by atoms with Crippen LogP contribution in [-0.4, -0.2) is 14.6 Å². The molecule has 0 saturated carbocycles. The SMILES string of the molecule is Cc1c(-c2ccccc2)[nH]n2c(=O)cc(-c3ccc(C#N)cc3)nc12. The van der Waals surface area contributed by atoms with Gasteiger partial charge in [-0.25, -0.2) is 9.50 Å². The number of aromatic nitrogens is 3. The maximum Gasteiger partial charge on any atom is 0.273 e. The molecule has 0 aliphatic carbocycles. The van der Waals surface area contributed by atoms with E-state index < -0.39 is 0 Å². The summed E-state index contributed by atoms with van der Waals surface area (Å²) in [6.07, 6.45) is 0. The maximum absolute atomic E-state index is 12.5. The number of rotatable bonds is 2. The number of nitriles is 1. The van der Waals surface area contributed by atoms with Crippen molar-refractivity contribution < 1.29 is 0 Å². The van der Waals surface area contributed by atoms with E-state index in [1.807, 2.05) is 37.3 Å². The highest BCUT2D eigenvalue weighted by Crippen LogP contribution is 2.25. The lowest BCUT2D eigenvalue weighted by atomic mass is 10.1. The van der Waals surface area contributed by atoms with Crippen molar-refractivity contribution in [3.8, 4) is 28.6 Å². The second-order valence-corrected chi connectivity index (χ2v) is 5.81. The van der Waals surface area contributed by atoms with Crippen molar-refractivity contribution in [2.24, 2.45) is 0 Å². The fourth-order valence-corrected chi connectivity index (χ4v) is 2.90. The summed E-state index contributed by atoms with van der Waals surface area (Å²) in [4.78, 5) is 17.2. The van der Waals surface area contributed by atoms with E-state index in [1.165, 1.54) is 10.6 Å². The van der Waals surface area contributed by atoms with Gasteiger partial charge in [-0.15, -0.1) is 0 Å². The molecule has 2 aromatic heterocycles. The number of aryl methyl sites for hydroxylation is 1. The van der Waals surface area contributed by atoms with Crippen molar-refractivity contribution in [2.45, 2.75) is 6.92 Å². The number of H-pyrrole nitrogens is 1. The van der Waals surface area contributed by atoms with Gasteiger partial charge in [-0.2, -0.15) is 5.26 Å². The average molecular weight is 326 g/mol. The van der Waals surface area contributed by atoms with Crippen molar-refractivity contribution in [1.29, 1.82) is 5.26 Å². The Bertz CT molecular complexity index is 1160. The van der Waals surface area contributed by atoms with E-state index in [2.05, 4.69) is 16.2 Å². The second-order valence-electron chi connectivity index (χ2n) is 5.81. The summed E-state index contributed by atoms with van der Waals surface area (Å²) in [6.45, 7) is 1.95. The quantitative estimate of drug-likeness (QED) is 0.612. The highest BCUT2D eigenvalue weighted by molar-refractivity contribution is 5.72. The molecule has 0 saturated heterocycles. The van der Waals surface area contributed by atoms with Gasteiger partial charge in [0.1, 0.15) is 0 Å². The van der Waals surface area contributed by atoms with Crippen LogP contribution < -0.4 is 5.56 Å². The summed E-state index contributed by atoms with van der Waals surface area (Å²) in [5, 5.41) is 12.1. The van der Waals surface area contributed by atoms with Crippen molar-refractivity contribution in [1.82, 2.24) is 14.6 Å². The number of hydrogen-bond acceptors (Lipinski definition) is 3. The Morgan fingerprint density at radius 2 is 1.76 bits per heavy atom. The smallest absolute Gasteiger partial charge is 0.273 e. The molecule has 0 amide bonds. The van der Waals surface area contributed by atoms with Crippen molar-refractivity contribution in [2.75, 3.05) is 0 Å². The normalized spacial score (nSPS) is 10.7.